The molecule has 0 radical (unpaired) electrons. The predicted octanol–water partition coefficient (Wildman–Crippen LogP) is 4.59. The standard InChI is InChI=1S/C21H19N3O3S2/c1-27-15-8-6-14(7-9-15)12-24-19(26)16-4-2-3-5-17(16)20(24)29-13-18(25)23-21-22-10-11-28-21/h2-11,26H,12-13H2,1H3,(H,22,23,25). The van der Waals surface area contributed by atoms with Gasteiger partial charge in [-0.3, -0.25) is 4.79 Å². The third-order valence-electron chi connectivity index (χ3n) is 4.42. The second-order valence-electron chi connectivity index (χ2n) is 6.28. The molecule has 2 N–H and O–H groups in total. The van der Waals surface area contributed by atoms with E-state index in [2.05, 4.69) is 10.3 Å². The van der Waals surface area contributed by atoms with Crippen molar-refractivity contribution in [3.05, 3.63) is 65.7 Å². The fraction of sp³-hybridized carbons (Fsp3) is 0.143. The molecule has 0 spiro atoms. The van der Waals surface area contributed by atoms with Crippen LogP contribution in [0.2, 0.25) is 0 Å². The smallest absolute Gasteiger partial charge is 0.236 e. The van der Waals surface area contributed by atoms with Gasteiger partial charge in [-0.1, -0.05) is 42.1 Å². The Morgan fingerprint density at radius 2 is 1.97 bits per heavy atom. The number of rotatable bonds is 7. The van der Waals surface area contributed by atoms with Gasteiger partial charge in [-0.25, -0.2) is 4.98 Å². The molecule has 4 rings (SSSR count). The largest absolute Gasteiger partial charge is 0.497 e. The number of hydrogen-bond acceptors (Lipinski definition) is 6. The number of nitrogens with zero attached hydrogens (tertiary/aromatic N) is 2. The number of fused-ring (bicyclic) bond motifs is 1. The number of aromatic nitrogens is 2. The van der Waals surface area contributed by atoms with Crippen LogP contribution in [0.5, 0.6) is 11.6 Å². The van der Waals surface area contributed by atoms with Gasteiger partial charge in [0.1, 0.15) is 5.75 Å². The molecule has 29 heavy (non-hydrogen) atoms. The fourth-order valence-corrected chi connectivity index (χ4v) is 4.57. The normalized spacial score (nSPS) is 10.9. The van der Waals surface area contributed by atoms with Gasteiger partial charge in [0.15, 0.2) is 11.0 Å². The molecule has 0 atom stereocenters. The molecule has 1 amide bonds. The highest BCUT2D eigenvalue weighted by molar-refractivity contribution is 8.00. The van der Waals surface area contributed by atoms with E-state index in [1.54, 1.807) is 13.3 Å². The SMILES string of the molecule is COc1ccc(Cn2c(O)c3ccccc3c2SCC(=O)Nc2nccs2)cc1. The van der Waals surface area contributed by atoms with Gasteiger partial charge >= 0.3 is 0 Å². The van der Waals surface area contributed by atoms with E-state index < -0.39 is 0 Å². The highest BCUT2D eigenvalue weighted by Gasteiger charge is 2.18. The Balaban J connectivity index is 1.60. The molecular weight excluding hydrogens is 406 g/mol. The molecule has 8 heteroatoms. The number of hydrogen-bond donors (Lipinski definition) is 2. The molecule has 0 fully saturated rings. The van der Waals surface area contributed by atoms with Gasteiger partial charge in [-0.15, -0.1) is 11.3 Å². The lowest BCUT2D eigenvalue weighted by atomic mass is 10.2. The number of amides is 1. The summed E-state index contributed by atoms with van der Waals surface area (Å²) in [6.07, 6.45) is 1.65. The zero-order valence-electron chi connectivity index (χ0n) is 15.7. The van der Waals surface area contributed by atoms with Gasteiger partial charge in [-0.2, -0.15) is 0 Å². The number of aromatic hydroxyl groups is 1. The number of thioether (sulfide) groups is 1. The summed E-state index contributed by atoms with van der Waals surface area (Å²) < 4.78 is 7.05. The van der Waals surface area contributed by atoms with E-state index in [0.29, 0.717) is 11.7 Å². The molecule has 0 aliphatic carbocycles. The molecule has 2 aromatic heterocycles. The summed E-state index contributed by atoms with van der Waals surface area (Å²) in [7, 11) is 1.63. The maximum Gasteiger partial charge on any atom is 0.236 e. The Bertz CT molecular complexity index is 1120. The molecule has 4 aromatic rings. The summed E-state index contributed by atoms with van der Waals surface area (Å²) in [5.41, 5.74) is 1.02. The number of carbonyl (C=O) groups is 1. The van der Waals surface area contributed by atoms with Crippen molar-refractivity contribution in [2.24, 2.45) is 0 Å². The molecule has 0 unspecified atom stereocenters. The number of methoxy groups -OCH3 is 1. The monoisotopic (exact) mass is 425 g/mol. The van der Waals surface area contributed by atoms with Crippen LogP contribution in [0.4, 0.5) is 5.13 Å². The molecule has 2 heterocycles. The average molecular weight is 426 g/mol. The summed E-state index contributed by atoms with van der Waals surface area (Å²) >= 11 is 2.78. The summed E-state index contributed by atoms with van der Waals surface area (Å²) in [6.45, 7) is 0.487. The number of nitrogens with one attached hydrogen (secondary N) is 1. The third-order valence-corrected chi connectivity index (χ3v) is 6.23. The first-order valence-corrected chi connectivity index (χ1v) is 10.8. The Morgan fingerprint density at radius 1 is 1.21 bits per heavy atom. The molecular formula is C21H19N3O3S2. The maximum atomic E-state index is 12.3. The number of anilines is 1. The van der Waals surface area contributed by atoms with Crippen LogP contribution in [0.1, 0.15) is 5.56 Å². The summed E-state index contributed by atoms with van der Waals surface area (Å²) in [4.78, 5) is 16.4. The van der Waals surface area contributed by atoms with Crippen molar-refractivity contribution in [1.29, 1.82) is 0 Å². The topological polar surface area (TPSA) is 76.4 Å². The van der Waals surface area contributed by atoms with Crippen LogP contribution >= 0.6 is 23.1 Å². The average Bonchev–Trinajstić information content (AvgIpc) is 3.34. The first-order chi connectivity index (χ1) is 14.2. The van der Waals surface area contributed by atoms with Gasteiger partial charge in [0.05, 0.1) is 24.4 Å². The van der Waals surface area contributed by atoms with E-state index in [0.717, 1.165) is 27.1 Å². The minimum Gasteiger partial charge on any atom is -0.497 e. The van der Waals surface area contributed by atoms with Crippen LogP contribution in [-0.2, 0) is 11.3 Å². The van der Waals surface area contributed by atoms with Gasteiger partial charge in [0.25, 0.3) is 0 Å². The second-order valence-corrected chi connectivity index (χ2v) is 8.14. The minimum atomic E-state index is -0.134. The van der Waals surface area contributed by atoms with E-state index in [4.69, 9.17) is 4.74 Å². The molecule has 148 valence electrons. The number of benzene rings is 2. The number of carbonyl (C=O) groups excluding carboxylic acids is 1. The fourth-order valence-electron chi connectivity index (χ4n) is 3.04. The number of thiazole rings is 1. The Morgan fingerprint density at radius 3 is 2.66 bits per heavy atom. The van der Waals surface area contributed by atoms with Gasteiger partial charge in [0.2, 0.25) is 5.91 Å². The first kappa shape index (κ1) is 19.4. The third kappa shape index (κ3) is 4.23. The van der Waals surface area contributed by atoms with Gasteiger partial charge < -0.3 is 19.7 Å². The van der Waals surface area contributed by atoms with E-state index in [1.165, 1.54) is 23.1 Å². The Labute approximate surface area is 176 Å². The highest BCUT2D eigenvalue weighted by Crippen LogP contribution is 2.38. The van der Waals surface area contributed by atoms with Crippen molar-refractivity contribution in [2.75, 3.05) is 18.2 Å². The van der Waals surface area contributed by atoms with Crippen LogP contribution in [0.15, 0.2) is 65.1 Å². The van der Waals surface area contributed by atoms with E-state index in [-0.39, 0.29) is 17.5 Å². The molecule has 0 aliphatic heterocycles. The summed E-state index contributed by atoms with van der Waals surface area (Å²) in [5, 5.41) is 18.5. The zero-order valence-corrected chi connectivity index (χ0v) is 17.3. The summed E-state index contributed by atoms with van der Waals surface area (Å²) in [6, 6.07) is 15.4. The quantitative estimate of drug-likeness (QED) is 0.424. The lowest BCUT2D eigenvalue weighted by Gasteiger charge is -2.11. The highest BCUT2D eigenvalue weighted by atomic mass is 32.2. The van der Waals surface area contributed by atoms with Crippen LogP contribution in [0.25, 0.3) is 10.8 Å². The van der Waals surface area contributed by atoms with Gasteiger partial charge in [0, 0.05) is 22.3 Å². The molecule has 0 saturated heterocycles. The molecule has 6 nitrogen and oxygen atoms in total. The van der Waals surface area contributed by atoms with Gasteiger partial charge in [-0.05, 0) is 23.8 Å². The lowest BCUT2D eigenvalue weighted by molar-refractivity contribution is -0.113. The molecule has 2 aromatic carbocycles. The van der Waals surface area contributed by atoms with Crippen molar-refractivity contribution in [2.45, 2.75) is 11.6 Å². The maximum absolute atomic E-state index is 12.3. The van der Waals surface area contributed by atoms with E-state index in [9.17, 15) is 9.90 Å². The predicted molar refractivity (Wildman–Crippen MR) is 117 cm³/mol. The van der Waals surface area contributed by atoms with Crippen LogP contribution < -0.4 is 10.1 Å². The van der Waals surface area contributed by atoms with Crippen LogP contribution in [-0.4, -0.2) is 33.4 Å². The molecule has 0 saturated carbocycles. The van der Waals surface area contributed by atoms with Crippen molar-refractivity contribution in [3.8, 4) is 11.6 Å². The van der Waals surface area contributed by atoms with Crippen LogP contribution in [0.3, 0.4) is 0 Å². The molecule has 0 aliphatic rings. The zero-order chi connectivity index (χ0) is 20.2. The van der Waals surface area contributed by atoms with Crippen molar-refractivity contribution >= 4 is 44.9 Å². The van der Waals surface area contributed by atoms with Crippen molar-refractivity contribution < 1.29 is 14.6 Å². The second kappa shape index (κ2) is 8.59. The van der Waals surface area contributed by atoms with E-state index >= 15 is 0 Å². The number of ether oxygens (including phenoxy) is 1. The first-order valence-electron chi connectivity index (χ1n) is 8.91. The summed E-state index contributed by atoms with van der Waals surface area (Å²) in [5.74, 6) is 1.06. The Kier molecular flexibility index (Phi) is 5.73. The molecule has 0 bridgehead atoms. The van der Waals surface area contributed by atoms with Crippen LogP contribution in [0, 0.1) is 0 Å². The van der Waals surface area contributed by atoms with E-state index in [1.807, 2.05) is 58.5 Å². The Hall–Kier alpha value is -2.97. The van der Waals surface area contributed by atoms with Crippen molar-refractivity contribution in [1.82, 2.24) is 9.55 Å². The lowest BCUT2D eigenvalue weighted by Crippen LogP contribution is -2.14. The minimum absolute atomic E-state index is 0.134. The van der Waals surface area contributed by atoms with Crippen molar-refractivity contribution in [3.63, 3.8) is 0 Å².